The maximum Gasteiger partial charge on any atom is 0.263 e. The summed E-state index contributed by atoms with van der Waals surface area (Å²) in [5.41, 5.74) is 2.83. The Labute approximate surface area is 138 Å². The molecule has 1 aromatic heterocycles. The van der Waals surface area contributed by atoms with Crippen molar-refractivity contribution >= 4 is 49.4 Å². The first-order valence-corrected chi connectivity index (χ1v) is 8.14. The molecule has 1 aliphatic rings. The fourth-order valence-electron chi connectivity index (χ4n) is 2.40. The van der Waals surface area contributed by atoms with Gasteiger partial charge in [0.2, 0.25) is 0 Å². The lowest BCUT2D eigenvalue weighted by Crippen LogP contribution is -2.26. The highest BCUT2D eigenvalue weighted by molar-refractivity contribution is 9.13. The monoisotopic (exact) mass is 416 g/mol. The van der Waals surface area contributed by atoms with E-state index in [4.69, 9.17) is 11.6 Å². The normalized spacial score (nSPS) is 14.2. The molecule has 0 fully saturated rings. The number of benzene rings is 1. The van der Waals surface area contributed by atoms with Crippen LogP contribution < -0.4 is 5.32 Å². The van der Waals surface area contributed by atoms with Gasteiger partial charge >= 0.3 is 0 Å². The van der Waals surface area contributed by atoms with Gasteiger partial charge in [-0.2, -0.15) is 0 Å². The molecule has 2 aromatic rings. The molecule has 0 unspecified atom stereocenters. The van der Waals surface area contributed by atoms with Crippen LogP contribution in [0.15, 0.2) is 33.3 Å². The molecule has 0 bridgehead atoms. The fourth-order valence-corrected chi connectivity index (χ4v) is 3.69. The second kappa shape index (κ2) is 5.64. The smallest absolute Gasteiger partial charge is 0.263 e. The van der Waals surface area contributed by atoms with Gasteiger partial charge in [-0.05, 0) is 56.1 Å². The predicted octanol–water partition coefficient (Wildman–Crippen LogP) is 4.00. The van der Waals surface area contributed by atoms with Gasteiger partial charge in [-0.3, -0.25) is 9.36 Å². The molecule has 0 spiro atoms. The van der Waals surface area contributed by atoms with E-state index in [2.05, 4.69) is 37.2 Å². The lowest BCUT2D eigenvalue weighted by atomic mass is 10.1. The standard InChI is InChI=1S/C14H11Br2ClN2O/c15-12-10-7-18-6-5-11(10)19(13(12)16)14(20)8-1-3-9(17)4-2-8/h1-4,18H,5-7H2. The first-order valence-electron chi connectivity index (χ1n) is 6.18. The predicted molar refractivity (Wildman–Crippen MR) is 86.4 cm³/mol. The Morgan fingerprint density at radius 2 is 1.95 bits per heavy atom. The summed E-state index contributed by atoms with van der Waals surface area (Å²) < 4.78 is 3.46. The number of halogens is 3. The molecule has 1 aromatic carbocycles. The van der Waals surface area contributed by atoms with E-state index in [-0.39, 0.29) is 5.91 Å². The van der Waals surface area contributed by atoms with Crippen molar-refractivity contribution in [2.24, 2.45) is 0 Å². The zero-order chi connectivity index (χ0) is 14.3. The molecule has 0 saturated heterocycles. The van der Waals surface area contributed by atoms with E-state index in [1.165, 1.54) is 0 Å². The second-order valence-electron chi connectivity index (χ2n) is 4.60. The van der Waals surface area contributed by atoms with Crippen LogP contribution in [0.3, 0.4) is 0 Å². The lowest BCUT2D eigenvalue weighted by molar-refractivity contribution is 0.0954. The van der Waals surface area contributed by atoms with Crippen LogP contribution in [-0.4, -0.2) is 17.0 Å². The summed E-state index contributed by atoms with van der Waals surface area (Å²) in [4.78, 5) is 12.7. The van der Waals surface area contributed by atoms with E-state index in [0.717, 1.165) is 39.8 Å². The molecule has 1 N–H and O–H groups in total. The molecule has 104 valence electrons. The summed E-state index contributed by atoms with van der Waals surface area (Å²) in [5.74, 6) is -0.0441. The zero-order valence-corrected chi connectivity index (χ0v) is 14.3. The average molecular weight is 419 g/mol. The molecule has 6 heteroatoms. The van der Waals surface area contributed by atoms with E-state index in [9.17, 15) is 4.79 Å². The molecule has 0 saturated carbocycles. The molecular weight excluding hydrogens is 407 g/mol. The van der Waals surface area contributed by atoms with Crippen molar-refractivity contribution in [1.82, 2.24) is 9.88 Å². The van der Waals surface area contributed by atoms with Crippen molar-refractivity contribution in [1.29, 1.82) is 0 Å². The molecule has 3 rings (SSSR count). The van der Waals surface area contributed by atoms with Gasteiger partial charge in [0.15, 0.2) is 0 Å². The molecule has 2 heterocycles. The summed E-state index contributed by atoms with van der Waals surface area (Å²) in [7, 11) is 0. The van der Waals surface area contributed by atoms with Gasteiger partial charge < -0.3 is 5.32 Å². The van der Waals surface area contributed by atoms with Crippen LogP contribution in [0.4, 0.5) is 0 Å². The molecule has 3 nitrogen and oxygen atoms in total. The van der Waals surface area contributed by atoms with E-state index in [1.54, 1.807) is 28.8 Å². The Bertz CT molecular complexity index is 679. The number of fused-ring (bicyclic) bond motifs is 1. The number of nitrogens with one attached hydrogen (secondary N) is 1. The third-order valence-electron chi connectivity index (χ3n) is 3.40. The van der Waals surface area contributed by atoms with Crippen LogP contribution in [0.25, 0.3) is 0 Å². The highest BCUT2D eigenvalue weighted by atomic mass is 79.9. The van der Waals surface area contributed by atoms with Crippen LogP contribution in [0, 0.1) is 0 Å². The SMILES string of the molecule is O=C(c1ccc(Cl)cc1)n1c(Br)c(Br)c2c1CCNC2. The minimum Gasteiger partial charge on any atom is -0.312 e. The Morgan fingerprint density at radius 3 is 2.65 bits per heavy atom. The maximum absolute atomic E-state index is 12.7. The van der Waals surface area contributed by atoms with Crippen molar-refractivity contribution in [3.8, 4) is 0 Å². The lowest BCUT2D eigenvalue weighted by Gasteiger charge is -2.16. The van der Waals surface area contributed by atoms with Gasteiger partial charge in [-0.15, -0.1) is 0 Å². The fraction of sp³-hybridized carbons (Fsp3) is 0.214. The third-order valence-corrected chi connectivity index (χ3v) is 5.78. The van der Waals surface area contributed by atoms with Crippen LogP contribution in [0.5, 0.6) is 0 Å². The minimum absolute atomic E-state index is 0.0441. The number of carbonyl (C=O) groups is 1. The van der Waals surface area contributed by atoms with Gasteiger partial charge in [-0.1, -0.05) is 11.6 Å². The Morgan fingerprint density at radius 1 is 1.25 bits per heavy atom. The van der Waals surface area contributed by atoms with Gasteiger partial charge in [0.05, 0.1) is 4.47 Å². The van der Waals surface area contributed by atoms with Crippen LogP contribution in [-0.2, 0) is 13.0 Å². The first-order chi connectivity index (χ1) is 9.59. The van der Waals surface area contributed by atoms with Gasteiger partial charge in [0, 0.05) is 41.4 Å². The van der Waals surface area contributed by atoms with E-state index in [0.29, 0.717) is 10.6 Å². The summed E-state index contributed by atoms with van der Waals surface area (Å²) >= 11 is 12.9. The Kier molecular flexibility index (Phi) is 4.04. The Hall–Kier alpha value is -0.620. The number of carbonyl (C=O) groups excluding carboxylic acids is 1. The molecule has 0 radical (unpaired) electrons. The topological polar surface area (TPSA) is 34.0 Å². The maximum atomic E-state index is 12.7. The largest absolute Gasteiger partial charge is 0.312 e. The summed E-state index contributed by atoms with van der Waals surface area (Å²) in [6, 6.07) is 6.96. The van der Waals surface area contributed by atoms with Crippen molar-refractivity contribution in [3.63, 3.8) is 0 Å². The molecule has 1 aliphatic heterocycles. The summed E-state index contributed by atoms with van der Waals surface area (Å²) in [6.07, 6.45) is 0.832. The minimum atomic E-state index is -0.0441. The van der Waals surface area contributed by atoms with E-state index < -0.39 is 0 Å². The summed E-state index contributed by atoms with van der Waals surface area (Å²) in [5, 5.41) is 3.94. The summed E-state index contributed by atoms with van der Waals surface area (Å²) in [6.45, 7) is 1.65. The van der Waals surface area contributed by atoms with Crippen molar-refractivity contribution in [2.45, 2.75) is 13.0 Å². The quantitative estimate of drug-likeness (QED) is 0.760. The van der Waals surface area contributed by atoms with Crippen LogP contribution in [0.1, 0.15) is 21.6 Å². The first kappa shape index (κ1) is 14.3. The van der Waals surface area contributed by atoms with E-state index in [1.807, 2.05) is 0 Å². The number of nitrogens with zero attached hydrogens (tertiary/aromatic N) is 1. The zero-order valence-electron chi connectivity index (χ0n) is 10.4. The molecule has 20 heavy (non-hydrogen) atoms. The van der Waals surface area contributed by atoms with Gasteiger partial charge in [0.25, 0.3) is 5.91 Å². The third kappa shape index (κ3) is 2.37. The second-order valence-corrected chi connectivity index (χ2v) is 6.58. The van der Waals surface area contributed by atoms with E-state index >= 15 is 0 Å². The van der Waals surface area contributed by atoms with Crippen molar-refractivity contribution in [2.75, 3.05) is 6.54 Å². The van der Waals surface area contributed by atoms with Crippen molar-refractivity contribution in [3.05, 3.63) is 55.2 Å². The molecule has 0 aliphatic carbocycles. The number of hydrogen-bond acceptors (Lipinski definition) is 2. The highest BCUT2D eigenvalue weighted by Gasteiger charge is 2.25. The highest BCUT2D eigenvalue weighted by Crippen LogP contribution is 2.35. The van der Waals surface area contributed by atoms with Crippen LogP contribution >= 0.6 is 43.5 Å². The van der Waals surface area contributed by atoms with Crippen LogP contribution in [0.2, 0.25) is 5.02 Å². The van der Waals surface area contributed by atoms with Crippen molar-refractivity contribution < 1.29 is 4.79 Å². The number of aromatic nitrogens is 1. The molecule has 0 atom stereocenters. The van der Waals surface area contributed by atoms with Gasteiger partial charge in [-0.25, -0.2) is 0 Å². The average Bonchev–Trinajstić information content (AvgIpc) is 2.72. The number of hydrogen-bond donors (Lipinski definition) is 1. The molecular formula is C14H11Br2ClN2O. The Balaban J connectivity index is 2.10. The number of rotatable bonds is 1. The van der Waals surface area contributed by atoms with Gasteiger partial charge in [0.1, 0.15) is 4.60 Å². The molecule has 0 amide bonds.